The van der Waals surface area contributed by atoms with Crippen molar-refractivity contribution in [2.45, 2.75) is 12.5 Å². The smallest absolute Gasteiger partial charge is 0.0831 e. The highest BCUT2D eigenvalue weighted by atomic mass is 15.5. The first-order chi connectivity index (χ1) is 11.4. The summed E-state index contributed by atoms with van der Waals surface area (Å²) in [7, 11) is 0. The zero-order chi connectivity index (χ0) is 15.5. The summed E-state index contributed by atoms with van der Waals surface area (Å²) in [5.41, 5.74) is 4.64. The van der Waals surface area contributed by atoms with Crippen LogP contribution in [-0.4, -0.2) is 10.7 Å². The molecule has 0 saturated carbocycles. The molecule has 0 saturated heterocycles. The van der Waals surface area contributed by atoms with E-state index in [0.29, 0.717) is 0 Å². The van der Waals surface area contributed by atoms with Crippen LogP contribution in [0.25, 0.3) is 0 Å². The number of rotatable bonds is 3. The predicted octanol–water partition coefficient (Wildman–Crippen LogP) is 4.44. The van der Waals surface area contributed by atoms with Crippen molar-refractivity contribution in [3.05, 3.63) is 96.3 Å². The van der Waals surface area contributed by atoms with Gasteiger partial charge in [0.25, 0.3) is 0 Å². The fraction of sp³-hybridized carbons (Fsp3) is 0.100. The molecule has 0 amide bonds. The van der Waals surface area contributed by atoms with E-state index in [1.165, 1.54) is 5.56 Å². The number of hydrazone groups is 1. The van der Waals surface area contributed by atoms with Crippen molar-refractivity contribution >= 4 is 11.4 Å². The van der Waals surface area contributed by atoms with Gasteiger partial charge >= 0.3 is 0 Å². The molecule has 1 aliphatic rings. The van der Waals surface area contributed by atoms with Crippen molar-refractivity contribution < 1.29 is 0 Å². The average molecular weight is 299 g/mol. The minimum Gasteiger partial charge on any atom is -0.265 e. The van der Waals surface area contributed by atoms with Crippen LogP contribution >= 0.6 is 0 Å². The Labute approximate surface area is 135 Å². The largest absolute Gasteiger partial charge is 0.265 e. The number of pyridine rings is 1. The topological polar surface area (TPSA) is 28.5 Å². The molecule has 23 heavy (non-hydrogen) atoms. The highest BCUT2D eigenvalue weighted by Crippen LogP contribution is 2.36. The lowest BCUT2D eigenvalue weighted by molar-refractivity contribution is 0.709. The van der Waals surface area contributed by atoms with E-state index in [2.05, 4.69) is 64.6 Å². The Morgan fingerprint density at radius 3 is 2.13 bits per heavy atom. The molecule has 3 aromatic rings. The number of hydrogen-bond donors (Lipinski definition) is 0. The summed E-state index contributed by atoms with van der Waals surface area (Å²) in [5.74, 6) is 0. The Hall–Kier alpha value is -2.94. The number of anilines is 1. The van der Waals surface area contributed by atoms with E-state index in [4.69, 9.17) is 5.10 Å². The van der Waals surface area contributed by atoms with Crippen LogP contribution in [0.1, 0.15) is 23.6 Å². The quantitative estimate of drug-likeness (QED) is 0.715. The summed E-state index contributed by atoms with van der Waals surface area (Å²) in [5, 5.41) is 7.04. The molecule has 112 valence electrons. The molecule has 1 atom stereocenters. The number of benzene rings is 2. The van der Waals surface area contributed by atoms with Gasteiger partial charge in [-0.1, -0.05) is 48.5 Å². The Kier molecular flexibility index (Phi) is 3.60. The summed E-state index contributed by atoms with van der Waals surface area (Å²) < 4.78 is 0. The Morgan fingerprint density at radius 1 is 0.783 bits per heavy atom. The van der Waals surface area contributed by atoms with Gasteiger partial charge in [0.1, 0.15) is 0 Å². The third kappa shape index (κ3) is 2.73. The first-order valence-corrected chi connectivity index (χ1v) is 7.79. The molecule has 2 aromatic carbocycles. The lowest BCUT2D eigenvalue weighted by Crippen LogP contribution is -2.18. The van der Waals surface area contributed by atoms with Gasteiger partial charge in [-0.15, -0.1) is 0 Å². The molecule has 0 spiro atoms. The van der Waals surface area contributed by atoms with Crippen molar-refractivity contribution in [3.8, 4) is 0 Å². The molecule has 1 aliphatic heterocycles. The predicted molar refractivity (Wildman–Crippen MR) is 93.5 cm³/mol. The zero-order valence-corrected chi connectivity index (χ0v) is 12.7. The van der Waals surface area contributed by atoms with Crippen molar-refractivity contribution in [1.82, 2.24) is 4.98 Å². The van der Waals surface area contributed by atoms with Gasteiger partial charge in [0.15, 0.2) is 0 Å². The minimum absolute atomic E-state index is 0.224. The molecule has 0 N–H and O–H groups in total. The van der Waals surface area contributed by atoms with Crippen LogP contribution in [0.3, 0.4) is 0 Å². The second-order valence-electron chi connectivity index (χ2n) is 5.59. The van der Waals surface area contributed by atoms with Crippen molar-refractivity contribution in [2.24, 2.45) is 5.10 Å². The first kappa shape index (κ1) is 13.7. The molecule has 1 aromatic heterocycles. The monoisotopic (exact) mass is 299 g/mol. The molecule has 3 heteroatoms. The maximum Gasteiger partial charge on any atom is 0.0831 e. The fourth-order valence-electron chi connectivity index (χ4n) is 2.98. The Morgan fingerprint density at radius 2 is 1.43 bits per heavy atom. The molecule has 0 unspecified atom stereocenters. The number of hydrogen-bond acceptors (Lipinski definition) is 3. The van der Waals surface area contributed by atoms with E-state index < -0.39 is 0 Å². The second-order valence-corrected chi connectivity index (χ2v) is 5.59. The van der Waals surface area contributed by atoms with Crippen LogP contribution < -0.4 is 5.01 Å². The fourth-order valence-corrected chi connectivity index (χ4v) is 2.98. The average Bonchev–Trinajstić information content (AvgIpc) is 3.09. The lowest BCUT2D eigenvalue weighted by Gasteiger charge is -2.23. The number of para-hydroxylation sites is 1. The molecular weight excluding hydrogens is 282 g/mol. The van der Waals surface area contributed by atoms with E-state index in [1.807, 2.05) is 30.6 Å². The van der Waals surface area contributed by atoms with Gasteiger partial charge in [-0.3, -0.25) is 9.99 Å². The molecule has 0 aliphatic carbocycles. The van der Waals surface area contributed by atoms with Crippen molar-refractivity contribution in [2.75, 3.05) is 5.01 Å². The van der Waals surface area contributed by atoms with Gasteiger partial charge < -0.3 is 0 Å². The van der Waals surface area contributed by atoms with Crippen LogP contribution in [0.5, 0.6) is 0 Å². The summed E-state index contributed by atoms with van der Waals surface area (Å²) >= 11 is 0. The van der Waals surface area contributed by atoms with Gasteiger partial charge in [0, 0.05) is 24.4 Å². The second kappa shape index (κ2) is 6.05. The van der Waals surface area contributed by atoms with Crippen LogP contribution in [0.15, 0.2) is 90.3 Å². The third-order valence-corrected chi connectivity index (χ3v) is 4.13. The normalized spacial score (nSPS) is 17.1. The van der Waals surface area contributed by atoms with E-state index in [9.17, 15) is 0 Å². The number of nitrogens with zero attached hydrogens (tertiary/aromatic N) is 3. The maximum atomic E-state index is 4.91. The van der Waals surface area contributed by atoms with E-state index in [-0.39, 0.29) is 6.04 Å². The van der Waals surface area contributed by atoms with Crippen molar-refractivity contribution in [3.63, 3.8) is 0 Å². The highest BCUT2D eigenvalue weighted by Gasteiger charge is 2.29. The van der Waals surface area contributed by atoms with Crippen LogP contribution in [-0.2, 0) is 0 Å². The summed E-state index contributed by atoms with van der Waals surface area (Å²) in [6.07, 6.45) is 4.53. The molecular formula is C20H17N3. The lowest BCUT2D eigenvalue weighted by atomic mass is 9.99. The molecule has 0 bridgehead atoms. The van der Waals surface area contributed by atoms with E-state index in [1.54, 1.807) is 0 Å². The Bertz CT molecular complexity index is 798. The van der Waals surface area contributed by atoms with Crippen LogP contribution in [0.4, 0.5) is 5.69 Å². The number of aromatic nitrogens is 1. The molecule has 3 nitrogen and oxygen atoms in total. The van der Waals surface area contributed by atoms with Crippen LogP contribution in [0, 0.1) is 0 Å². The highest BCUT2D eigenvalue weighted by molar-refractivity contribution is 6.03. The summed E-state index contributed by atoms with van der Waals surface area (Å²) in [6.45, 7) is 0. The standard InChI is InChI=1S/C20H17N3/c1-3-7-17(8-4-1)20-15-19(16-11-13-21-14-12-16)22-23(20)18-9-5-2-6-10-18/h1-14,20H,15H2/t20-/m1/s1. The van der Waals surface area contributed by atoms with Crippen LogP contribution in [0.2, 0.25) is 0 Å². The molecule has 4 rings (SSSR count). The minimum atomic E-state index is 0.224. The summed E-state index contributed by atoms with van der Waals surface area (Å²) in [4.78, 5) is 4.10. The molecule has 0 fully saturated rings. The Balaban J connectivity index is 1.75. The van der Waals surface area contributed by atoms with Gasteiger partial charge in [0.05, 0.1) is 17.4 Å². The van der Waals surface area contributed by atoms with Gasteiger partial charge in [-0.2, -0.15) is 5.10 Å². The van der Waals surface area contributed by atoms with Gasteiger partial charge in [-0.25, -0.2) is 0 Å². The molecule has 0 radical (unpaired) electrons. The van der Waals surface area contributed by atoms with E-state index >= 15 is 0 Å². The first-order valence-electron chi connectivity index (χ1n) is 7.79. The van der Waals surface area contributed by atoms with E-state index in [0.717, 1.165) is 23.4 Å². The van der Waals surface area contributed by atoms with Crippen molar-refractivity contribution in [1.29, 1.82) is 0 Å². The third-order valence-electron chi connectivity index (χ3n) is 4.13. The molecule has 2 heterocycles. The van der Waals surface area contributed by atoms with Gasteiger partial charge in [-0.05, 0) is 29.8 Å². The van der Waals surface area contributed by atoms with Gasteiger partial charge in [0.2, 0.25) is 0 Å². The maximum absolute atomic E-state index is 4.91. The SMILES string of the molecule is c1ccc([C@H]2CC(c3ccncc3)=NN2c2ccccc2)cc1. The zero-order valence-electron chi connectivity index (χ0n) is 12.7. The summed E-state index contributed by atoms with van der Waals surface area (Å²) in [6, 6.07) is 25.2.